The van der Waals surface area contributed by atoms with Gasteiger partial charge in [-0.15, -0.1) is 0 Å². The first kappa shape index (κ1) is 19.5. The number of hydrogen-bond donors (Lipinski definition) is 0. The van der Waals surface area contributed by atoms with Gasteiger partial charge in [0, 0.05) is 6.54 Å². The molecule has 0 saturated carbocycles. The molecule has 3 rings (SSSR count). The van der Waals surface area contributed by atoms with Crippen molar-refractivity contribution in [2.24, 2.45) is 0 Å². The summed E-state index contributed by atoms with van der Waals surface area (Å²) < 4.78 is 21.1. The van der Waals surface area contributed by atoms with Gasteiger partial charge in [-0.25, -0.2) is 4.79 Å². The normalized spacial score (nSPS) is 13.2. The number of hydrogen-bond acceptors (Lipinski definition) is 6. The van der Waals surface area contributed by atoms with Crippen LogP contribution >= 0.6 is 0 Å². The molecular formula is C21H23NO6. The molecule has 0 aliphatic carbocycles. The first-order chi connectivity index (χ1) is 13.5. The maximum atomic E-state index is 13.0. The second kappa shape index (κ2) is 8.65. The predicted octanol–water partition coefficient (Wildman–Crippen LogP) is 2.59. The van der Waals surface area contributed by atoms with Gasteiger partial charge < -0.3 is 23.8 Å². The molecule has 0 radical (unpaired) electrons. The highest BCUT2D eigenvalue weighted by Crippen LogP contribution is 2.30. The zero-order valence-corrected chi connectivity index (χ0v) is 16.2. The lowest BCUT2D eigenvalue weighted by molar-refractivity contribution is -0.142. The largest absolute Gasteiger partial charge is 0.493 e. The van der Waals surface area contributed by atoms with Crippen LogP contribution < -0.4 is 14.2 Å². The summed E-state index contributed by atoms with van der Waals surface area (Å²) in [5.74, 6) is 0.984. The lowest BCUT2D eigenvalue weighted by Crippen LogP contribution is -2.31. The quantitative estimate of drug-likeness (QED) is 0.712. The van der Waals surface area contributed by atoms with Gasteiger partial charge in [0.2, 0.25) is 0 Å². The van der Waals surface area contributed by atoms with Crippen LogP contribution in [-0.4, -0.2) is 50.8 Å². The second-order valence-electron chi connectivity index (χ2n) is 6.42. The lowest BCUT2D eigenvalue weighted by atomic mass is 10.1. The minimum Gasteiger partial charge on any atom is -0.493 e. The topological polar surface area (TPSA) is 74.3 Å². The Morgan fingerprint density at radius 1 is 1.14 bits per heavy atom. The number of carbonyl (C=O) groups excluding carboxylic acids is 2. The predicted molar refractivity (Wildman–Crippen MR) is 102 cm³/mol. The number of nitrogens with zero attached hydrogens (tertiary/aromatic N) is 1. The van der Waals surface area contributed by atoms with E-state index in [-0.39, 0.29) is 12.5 Å². The number of fused-ring (bicyclic) bond motifs is 1. The van der Waals surface area contributed by atoms with Gasteiger partial charge in [0.15, 0.2) is 18.1 Å². The molecule has 1 amide bonds. The number of methoxy groups -OCH3 is 2. The maximum absolute atomic E-state index is 13.0. The summed E-state index contributed by atoms with van der Waals surface area (Å²) in [6.07, 6.45) is 0. The average Bonchev–Trinajstić information content (AvgIpc) is 2.85. The van der Waals surface area contributed by atoms with E-state index in [2.05, 4.69) is 4.74 Å². The van der Waals surface area contributed by atoms with Crippen molar-refractivity contribution in [1.29, 1.82) is 0 Å². The van der Waals surface area contributed by atoms with Crippen LogP contribution in [0.1, 0.15) is 21.5 Å². The summed E-state index contributed by atoms with van der Waals surface area (Å²) in [5, 5.41) is 0. The van der Waals surface area contributed by atoms with E-state index in [9.17, 15) is 9.59 Å². The molecule has 0 spiro atoms. The Bertz CT molecular complexity index is 879. The van der Waals surface area contributed by atoms with Gasteiger partial charge in [-0.2, -0.15) is 0 Å². The Morgan fingerprint density at radius 3 is 2.71 bits per heavy atom. The average molecular weight is 385 g/mol. The summed E-state index contributed by atoms with van der Waals surface area (Å²) in [4.78, 5) is 26.0. The number of benzene rings is 2. The SMILES string of the molecule is COC(=O)COc1ccc(CN2CCOc3ccc(C)cc3C2=O)cc1OC. The molecule has 1 aliphatic heterocycles. The lowest BCUT2D eigenvalue weighted by Gasteiger charge is -2.21. The third-order valence-electron chi connectivity index (χ3n) is 4.45. The van der Waals surface area contributed by atoms with Gasteiger partial charge in [0.05, 0.1) is 26.3 Å². The highest BCUT2D eigenvalue weighted by Gasteiger charge is 2.24. The third-order valence-corrected chi connectivity index (χ3v) is 4.45. The van der Waals surface area contributed by atoms with E-state index in [1.54, 1.807) is 17.0 Å². The highest BCUT2D eigenvalue weighted by molar-refractivity contribution is 5.97. The van der Waals surface area contributed by atoms with Crippen LogP contribution in [0.25, 0.3) is 0 Å². The Morgan fingerprint density at radius 2 is 1.96 bits per heavy atom. The summed E-state index contributed by atoms with van der Waals surface area (Å²) >= 11 is 0. The Labute approximate surface area is 163 Å². The van der Waals surface area contributed by atoms with Gasteiger partial charge >= 0.3 is 5.97 Å². The van der Waals surface area contributed by atoms with Crippen LogP contribution in [0.2, 0.25) is 0 Å². The molecule has 0 N–H and O–H groups in total. The molecule has 1 heterocycles. The molecule has 7 nitrogen and oxygen atoms in total. The number of rotatable bonds is 6. The molecule has 1 aliphatic rings. The summed E-state index contributed by atoms with van der Waals surface area (Å²) in [5.41, 5.74) is 2.46. The molecule has 7 heteroatoms. The number of esters is 1. The van der Waals surface area contributed by atoms with Crippen LogP contribution in [0.15, 0.2) is 36.4 Å². The van der Waals surface area contributed by atoms with Crippen LogP contribution in [0.4, 0.5) is 0 Å². The zero-order valence-electron chi connectivity index (χ0n) is 16.2. The van der Waals surface area contributed by atoms with Crippen molar-refractivity contribution in [3.05, 3.63) is 53.1 Å². The third kappa shape index (κ3) is 4.36. The van der Waals surface area contributed by atoms with Crippen molar-refractivity contribution < 1.29 is 28.5 Å². The van der Waals surface area contributed by atoms with Crippen LogP contribution in [0.5, 0.6) is 17.2 Å². The van der Waals surface area contributed by atoms with Crippen LogP contribution in [-0.2, 0) is 16.1 Å². The standard InChI is InChI=1S/C21H23NO6/c1-14-4-6-17-16(10-14)21(24)22(8-9-27-17)12-15-5-7-18(19(11-15)25-2)28-13-20(23)26-3/h4-7,10-11H,8-9,12-13H2,1-3H3. The zero-order chi connectivity index (χ0) is 20.1. The molecule has 0 atom stereocenters. The van der Waals surface area contributed by atoms with E-state index in [1.807, 2.05) is 31.2 Å². The molecule has 0 unspecified atom stereocenters. The van der Waals surface area contributed by atoms with Gasteiger partial charge in [0.1, 0.15) is 12.4 Å². The minimum absolute atomic E-state index is 0.0683. The van der Waals surface area contributed by atoms with E-state index >= 15 is 0 Å². The van der Waals surface area contributed by atoms with Crippen LogP contribution in [0.3, 0.4) is 0 Å². The minimum atomic E-state index is -0.477. The molecule has 0 saturated heterocycles. The fraction of sp³-hybridized carbons (Fsp3) is 0.333. The second-order valence-corrected chi connectivity index (χ2v) is 6.42. The van der Waals surface area contributed by atoms with Gasteiger partial charge in [-0.3, -0.25) is 4.79 Å². The van der Waals surface area contributed by atoms with Gasteiger partial charge in [-0.1, -0.05) is 17.7 Å². The van der Waals surface area contributed by atoms with Gasteiger partial charge in [0.25, 0.3) is 5.91 Å². The van der Waals surface area contributed by atoms with E-state index in [0.29, 0.717) is 42.5 Å². The van der Waals surface area contributed by atoms with Crippen molar-refractivity contribution in [3.8, 4) is 17.2 Å². The molecule has 2 aromatic rings. The van der Waals surface area contributed by atoms with Crippen molar-refractivity contribution >= 4 is 11.9 Å². The number of ether oxygens (including phenoxy) is 4. The molecule has 2 aromatic carbocycles. The molecule has 0 bridgehead atoms. The first-order valence-corrected chi connectivity index (χ1v) is 8.91. The summed E-state index contributed by atoms with van der Waals surface area (Å²) in [6.45, 7) is 3.06. The fourth-order valence-electron chi connectivity index (χ4n) is 2.97. The monoisotopic (exact) mass is 385 g/mol. The molecule has 28 heavy (non-hydrogen) atoms. The van der Waals surface area contributed by atoms with Crippen molar-refractivity contribution in [1.82, 2.24) is 4.90 Å². The smallest absolute Gasteiger partial charge is 0.343 e. The fourth-order valence-corrected chi connectivity index (χ4v) is 2.97. The molecule has 0 aromatic heterocycles. The number of amides is 1. The van der Waals surface area contributed by atoms with E-state index in [1.165, 1.54) is 14.2 Å². The maximum Gasteiger partial charge on any atom is 0.343 e. The Balaban J connectivity index is 1.77. The highest BCUT2D eigenvalue weighted by atomic mass is 16.6. The van der Waals surface area contributed by atoms with Crippen LogP contribution in [0, 0.1) is 6.92 Å². The molecular weight excluding hydrogens is 362 g/mol. The van der Waals surface area contributed by atoms with Crippen molar-refractivity contribution in [3.63, 3.8) is 0 Å². The Kier molecular flexibility index (Phi) is 6.03. The van der Waals surface area contributed by atoms with E-state index < -0.39 is 5.97 Å². The first-order valence-electron chi connectivity index (χ1n) is 8.91. The number of aryl methyl sites for hydroxylation is 1. The molecule has 148 valence electrons. The van der Waals surface area contributed by atoms with Crippen molar-refractivity contribution in [2.75, 3.05) is 34.0 Å². The summed E-state index contributed by atoms with van der Waals surface area (Å²) in [7, 11) is 2.82. The molecule has 0 fully saturated rings. The van der Waals surface area contributed by atoms with E-state index in [4.69, 9.17) is 14.2 Å². The Hall–Kier alpha value is -3.22. The van der Waals surface area contributed by atoms with E-state index in [0.717, 1.165) is 11.1 Å². The van der Waals surface area contributed by atoms with Gasteiger partial charge in [-0.05, 0) is 36.8 Å². The number of carbonyl (C=O) groups is 2. The van der Waals surface area contributed by atoms with Crippen molar-refractivity contribution in [2.45, 2.75) is 13.5 Å². The summed E-state index contributed by atoms with van der Waals surface area (Å²) in [6, 6.07) is 11.0.